The van der Waals surface area contributed by atoms with E-state index in [9.17, 15) is 9.18 Å². The van der Waals surface area contributed by atoms with Crippen molar-refractivity contribution >= 4 is 27.3 Å². The first-order valence-corrected chi connectivity index (χ1v) is 7.60. The third-order valence-electron chi connectivity index (χ3n) is 3.07. The van der Waals surface area contributed by atoms with Gasteiger partial charge < -0.3 is 10.4 Å². The van der Waals surface area contributed by atoms with Crippen LogP contribution in [-0.4, -0.2) is 24.2 Å². The van der Waals surface area contributed by atoms with Crippen LogP contribution < -0.4 is 5.32 Å². The minimum absolute atomic E-state index is 0.103. The van der Waals surface area contributed by atoms with E-state index in [-0.39, 0.29) is 18.3 Å². The first kappa shape index (κ1) is 14.9. The zero-order chi connectivity index (χ0) is 14.4. The maximum atomic E-state index is 13.1. The van der Waals surface area contributed by atoms with Crippen LogP contribution in [0.3, 0.4) is 0 Å². The van der Waals surface area contributed by atoms with Gasteiger partial charge in [0.1, 0.15) is 5.82 Å². The largest absolute Gasteiger partial charge is 0.396 e. The van der Waals surface area contributed by atoms with Gasteiger partial charge in [-0.1, -0.05) is 12.8 Å². The number of unbranched alkanes of at least 4 members (excludes halogenated alkanes) is 3. The highest BCUT2D eigenvalue weighted by Crippen LogP contribution is 2.26. The quantitative estimate of drug-likeness (QED) is 0.770. The molecule has 0 saturated heterocycles. The van der Waals surface area contributed by atoms with Gasteiger partial charge in [-0.15, -0.1) is 11.3 Å². The Morgan fingerprint density at radius 1 is 1.20 bits per heavy atom. The van der Waals surface area contributed by atoms with E-state index in [0.717, 1.165) is 35.8 Å². The molecule has 0 bridgehead atoms. The molecule has 1 amide bonds. The summed E-state index contributed by atoms with van der Waals surface area (Å²) in [6.07, 6.45) is 3.70. The first-order chi connectivity index (χ1) is 9.70. The average molecular weight is 295 g/mol. The molecule has 108 valence electrons. The molecule has 2 N–H and O–H groups in total. The first-order valence-electron chi connectivity index (χ1n) is 6.79. The van der Waals surface area contributed by atoms with E-state index >= 15 is 0 Å². The maximum absolute atomic E-state index is 13.1. The van der Waals surface area contributed by atoms with Crippen LogP contribution in [0.2, 0.25) is 0 Å². The fraction of sp³-hybridized carbons (Fsp3) is 0.400. The monoisotopic (exact) mass is 295 g/mol. The predicted octanol–water partition coefficient (Wildman–Crippen LogP) is 3.32. The zero-order valence-electron chi connectivity index (χ0n) is 11.2. The number of nitrogens with one attached hydrogen (secondary N) is 1. The topological polar surface area (TPSA) is 49.3 Å². The molecule has 5 heteroatoms. The number of carbonyl (C=O) groups excluding carboxylic acids is 1. The van der Waals surface area contributed by atoms with Crippen LogP contribution in [0, 0.1) is 5.82 Å². The van der Waals surface area contributed by atoms with Crippen molar-refractivity contribution < 1.29 is 14.3 Å². The molecule has 1 aromatic carbocycles. The molecule has 0 radical (unpaired) electrons. The fourth-order valence-electron chi connectivity index (χ4n) is 2.01. The van der Waals surface area contributed by atoms with Crippen molar-refractivity contribution in [2.75, 3.05) is 13.2 Å². The molecule has 0 aliphatic rings. The van der Waals surface area contributed by atoms with Crippen molar-refractivity contribution in [3.63, 3.8) is 0 Å². The van der Waals surface area contributed by atoms with Crippen LogP contribution in [0.5, 0.6) is 0 Å². The number of rotatable bonds is 7. The van der Waals surface area contributed by atoms with Gasteiger partial charge in [0.25, 0.3) is 5.91 Å². The van der Waals surface area contributed by atoms with Gasteiger partial charge in [-0.3, -0.25) is 4.79 Å². The van der Waals surface area contributed by atoms with E-state index in [4.69, 9.17) is 5.11 Å². The van der Waals surface area contributed by atoms with Crippen LogP contribution in [-0.2, 0) is 0 Å². The number of hydrogen-bond acceptors (Lipinski definition) is 3. The molecule has 0 unspecified atom stereocenters. The number of aliphatic hydroxyl groups excluding tert-OH is 1. The van der Waals surface area contributed by atoms with Crippen molar-refractivity contribution in [1.82, 2.24) is 5.32 Å². The molecule has 0 saturated carbocycles. The highest BCUT2D eigenvalue weighted by Gasteiger charge is 2.10. The summed E-state index contributed by atoms with van der Waals surface area (Å²) in [6.45, 7) is 0.859. The van der Waals surface area contributed by atoms with Gasteiger partial charge in [-0.05, 0) is 42.5 Å². The number of thiophene rings is 1. The molecule has 0 fully saturated rings. The molecule has 0 aliphatic heterocycles. The van der Waals surface area contributed by atoms with Crippen LogP contribution in [0.1, 0.15) is 35.4 Å². The van der Waals surface area contributed by atoms with E-state index in [1.165, 1.54) is 23.5 Å². The van der Waals surface area contributed by atoms with Gasteiger partial charge in [-0.25, -0.2) is 4.39 Å². The van der Waals surface area contributed by atoms with Crippen LogP contribution in [0.25, 0.3) is 10.1 Å². The van der Waals surface area contributed by atoms with Crippen molar-refractivity contribution in [2.45, 2.75) is 25.7 Å². The minimum Gasteiger partial charge on any atom is -0.396 e. The van der Waals surface area contributed by atoms with E-state index in [2.05, 4.69) is 5.32 Å². The number of aliphatic hydroxyl groups is 1. The molecular formula is C15H18FNO2S. The second kappa shape index (κ2) is 7.36. The Morgan fingerprint density at radius 2 is 2.00 bits per heavy atom. The number of amides is 1. The van der Waals surface area contributed by atoms with Crippen molar-refractivity contribution in [2.24, 2.45) is 0 Å². The van der Waals surface area contributed by atoms with Gasteiger partial charge in [-0.2, -0.15) is 0 Å². The smallest absolute Gasteiger partial charge is 0.261 e. The van der Waals surface area contributed by atoms with E-state index in [1.807, 2.05) is 0 Å². The Bertz CT molecular complexity index is 582. The van der Waals surface area contributed by atoms with Crippen molar-refractivity contribution in [1.29, 1.82) is 0 Å². The van der Waals surface area contributed by atoms with Gasteiger partial charge in [0.05, 0.1) is 4.88 Å². The Hall–Kier alpha value is -1.46. The van der Waals surface area contributed by atoms with Crippen LogP contribution >= 0.6 is 11.3 Å². The summed E-state index contributed by atoms with van der Waals surface area (Å²) in [5, 5.41) is 12.3. The molecule has 1 heterocycles. The molecule has 2 rings (SSSR count). The number of benzene rings is 1. The highest BCUT2D eigenvalue weighted by atomic mass is 32.1. The highest BCUT2D eigenvalue weighted by molar-refractivity contribution is 7.20. The summed E-state index contributed by atoms with van der Waals surface area (Å²) in [5.41, 5.74) is 0. The Labute approximate surface area is 121 Å². The number of carbonyl (C=O) groups is 1. The summed E-state index contributed by atoms with van der Waals surface area (Å²) in [6, 6.07) is 6.27. The summed E-state index contributed by atoms with van der Waals surface area (Å²) in [4.78, 5) is 12.6. The Morgan fingerprint density at radius 3 is 2.80 bits per heavy atom. The van der Waals surface area contributed by atoms with Gasteiger partial charge >= 0.3 is 0 Å². The minimum atomic E-state index is -0.286. The molecule has 3 nitrogen and oxygen atoms in total. The van der Waals surface area contributed by atoms with Gasteiger partial charge in [0, 0.05) is 17.9 Å². The van der Waals surface area contributed by atoms with E-state index in [1.54, 1.807) is 12.1 Å². The normalized spacial score (nSPS) is 10.9. The summed E-state index contributed by atoms with van der Waals surface area (Å²) >= 11 is 1.37. The predicted molar refractivity (Wildman–Crippen MR) is 79.7 cm³/mol. The average Bonchev–Trinajstić information content (AvgIpc) is 2.85. The molecular weight excluding hydrogens is 277 g/mol. The third-order valence-corrected chi connectivity index (χ3v) is 4.19. The van der Waals surface area contributed by atoms with Gasteiger partial charge in [0.15, 0.2) is 0 Å². The number of halogens is 1. The third kappa shape index (κ3) is 4.02. The SMILES string of the molecule is O=C(NCCCCCCO)c1cc2cc(F)ccc2s1. The Kier molecular flexibility index (Phi) is 5.49. The molecule has 2 aromatic rings. The number of fused-ring (bicyclic) bond motifs is 1. The lowest BCUT2D eigenvalue weighted by Crippen LogP contribution is -2.23. The Balaban J connectivity index is 1.85. The molecule has 20 heavy (non-hydrogen) atoms. The van der Waals surface area contributed by atoms with Crippen LogP contribution in [0.4, 0.5) is 4.39 Å². The van der Waals surface area contributed by atoms with E-state index < -0.39 is 0 Å². The second-order valence-corrected chi connectivity index (χ2v) is 5.77. The zero-order valence-corrected chi connectivity index (χ0v) is 12.0. The lowest BCUT2D eigenvalue weighted by molar-refractivity contribution is 0.0957. The molecule has 0 spiro atoms. The van der Waals surface area contributed by atoms with Crippen molar-refractivity contribution in [3.05, 3.63) is 35.0 Å². The fourth-order valence-corrected chi connectivity index (χ4v) is 2.96. The standard InChI is InChI=1S/C15H18FNO2S/c16-12-5-6-13-11(9-12)10-14(20-13)15(19)17-7-3-1-2-4-8-18/h5-6,9-10,18H,1-4,7-8H2,(H,17,19). The lowest BCUT2D eigenvalue weighted by Gasteiger charge is -2.02. The lowest BCUT2D eigenvalue weighted by atomic mass is 10.2. The summed E-state index contributed by atoms with van der Waals surface area (Å²) in [7, 11) is 0. The molecule has 0 atom stereocenters. The van der Waals surface area contributed by atoms with Crippen LogP contribution in [0.15, 0.2) is 24.3 Å². The number of hydrogen-bond donors (Lipinski definition) is 2. The van der Waals surface area contributed by atoms with Crippen molar-refractivity contribution in [3.8, 4) is 0 Å². The summed E-state index contributed by atoms with van der Waals surface area (Å²) < 4.78 is 14.0. The van der Waals surface area contributed by atoms with E-state index in [0.29, 0.717) is 11.4 Å². The van der Waals surface area contributed by atoms with Gasteiger partial charge in [0.2, 0.25) is 0 Å². The second-order valence-electron chi connectivity index (χ2n) is 4.69. The summed E-state index contributed by atoms with van der Waals surface area (Å²) in [5.74, 6) is -0.389. The molecule has 1 aromatic heterocycles. The molecule has 0 aliphatic carbocycles. The maximum Gasteiger partial charge on any atom is 0.261 e.